The number of hydrogen-bond acceptors (Lipinski definition) is 5. The molecule has 0 saturated heterocycles. The van der Waals surface area contributed by atoms with Crippen molar-refractivity contribution in [2.75, 3.05) is 5.75 Å². The molecule has 1 heterocycles. The molecule has 0 saturated carbocycles. The van der Waals surface area contributed by atoms with Crippen molar-refractivity contribution >= 4 is 33.4 Å². The third-order valence-corrected chi connectivity index (χ3v) is 4.00. The first-order valence-electron chi connectivity index (χ1n) is 5.98. The molecule has 1 aromatic heterocycles. The second-order valence-electron chi connectivity index (χ2n) is 4.04. The van der Waals surface area contributed by atoms with Crippen molar-refractivity contribution < 1.29 is 14.5 Å². The summed E-state index contributed by atoms with van der Waals surface area (Å²) in [6, 6.07) is 4.64. The molecule has 0 aliphatic heterocycles. The van der Waals surface area contributed by atoms with Crippen LogP contribution in [0, 0.1) is 23.1 Å². The third-order valence-electron chi connectivity index (χ3n) is 2.57. The van der Waals surface area contributed by atoms with Gasteiger partial charge in [-0.05, 0) is 50.9 Å². The second kappa shape index (κ2) is 8.68. The van der Waals surface area contributed by atoms with E-state index < -0.39 is 0 Å². The molecular formula is C14H13BrFN3O2S. The number of halogens is 2. The van der Waals surface area contributed by atoms with Crippen molar-refractivity contribution in [3.8, 4) is 11.8 Å². The Hall–Kier alpha value is -1.69. The molecule has 0 unspecified atom stereocenters. The first-order valence-corrected chi connectivity index (χ1v) is 7.76. The summed E-state index contributed by atoms with van der Waals surface area (Å²) >= 11 is 4.50. The van der Waals surface area contributed by atoms with Crippen LogP contribution in [0.5, 0.6) is 0 Å². The average Bonchev–Trinajstić information content (AvgIpc) is 2.92. The zero-order valence-corrected chi connectivity index (χ0v) is 14.0. The zero-order valence-electron chi connectivity index (χ0n) is 11.6. The highest BCUT2D eigenvalue weighted by Gasteiger charge is 2.16. The van der Waals surface area contributed by atoms with E-state index in [2.05, 4.69) is 38.1 Å². The van der Waals surface area contributed by atoms with Crippen molar-refractivity contribution in [2.45, 2.75) is 18.4 Å². The summed E-state index contributed by atoms with van der Waals surface area (Å²) in [6.07, 6.45) is 0.320. The number of benzene rings is 1. The highest BCUT2D eigenvalue weighted by Crippen LogP contribution is 2.22. The smallest absolute Gasteiger partial charge is 0.171 e. The maximum atomic E-state index is 13.2. The quantitative estimate of drug-likeness (QED) is 0.486. The summed E-state index contributed by atoms with van der Waals surface area (Å²) in [5.74, 6) is 5.92. The lowest BCUT2D eigenvalue weighted by Gasteiger charge is -2.03. The van der Waals surface area contributed by atoms with Gasteiger partial charge in [-0.2, -0.15) is 0 Å². The van der Waals surface area contributed by atoms with Crippen molar-refractivity contribution in [1.82, 2.24) is 10.3 Å². The van der Waals surface area contributed by atoms with Crippen molar-refractivity contribution in [1.29, 1.82) is 5.41 Å². The van der Waals surface area contributed by atoms with Crippen molar-refractivity contribution in [3.05, 3.63) is 39.7 Å². The lowest BCUT2D eigenvalue weighted by atomic mass is 10.1. The summed E-state index contributed by atoms with van der Waals surface area (Å²) in [5, 5.41) is 16.2. The monoisotopic (exact) mass is 385 g/mol. The Labute approximate surface area is 139 Å². The molecule has 2 aromatic rings. The minimum absolute atomic E-state index is 0. The van der Waals surface area contributed by atoms with E-state index in [4.69, 9.17) is 10.0 Å². The van der Waals surface area contributed by atoms with Gasteiger partial charge in [-0.15, -0.1) is 5.92 Å². The normalized spacial score (nSPS) is 9.59. The maximum Gasteiger partial charge on any atom is 0.171 e. The fourth-order valence-electron chi connectivity index (χ4n) is 1.57. The lowest BCUT2D eigenvalue weighted by molar-refractivity contribution is 0.298. The number of nitrogens with zero attached hydrogens (tertiary/aromatic N) is 2. The van der Waals surface area contributed by atoms with Crippen LogP contribution in [-0.4, -0.2) is 27.3 Å². The SMILES string of the molecule is CC#CCSc1nonc1C(=N)Cc1ccc(F)c(Br)c1.O. The molecule has 8 heteroatoms. The van der Waals surface area contributed by atoms with Gasteiger partial charge in [0.05, 0.1) is 15.9 Å². The first kappa shape index (κ1) is 18.4. The molecule has 0 atom stereocenters. The van der Waals surface area contributed by atoms with E-state index >= 15 is 0 Å². The molecule has 0 aliphatic rings. The minimum Gasteiger partial charge on any atom is -0.412 e. The molecule has 0 spiro atoms. The van der Waals surface area contributed by atoms with E-state index in [1.807, 2.05) is 0 Å². The number of nitrogens with one attached hydrogen (secondary N) is 1. The van der Waals surface area contributed by atoms with Gasteiger partial charge in [-0.1, -0.05) is 23.7 Å². The molecule has 0 aliphatic carbocycles. The molecule has 22 heavy (non-hydrogen) atoms. The number of aromatic nitrogens is 2. The van der Waals surface area contributed by atoms with Gasteiger partial charge in [0.25, 0.3) is 0 Å². The molecule has 1 aromatic carbocycles. The van der Waals surface area contributed by atoms with E-state index in [9.17, 15) is 4.39 Å². The highest BCUT2D eigenvalue weighted by molar-refractivity contribution is 9.10. The molecule has 5 nitrogen and oxygen atoms in total. The Morgan fingerprint density at radius 3 is 2.91 bits per heavy atom. The summed E-state index contributed by atoms with van der Waals surface area (Å²) < 4.78 is 18.3. The van der Waals surface area contributed by atoms with Crippen LogP contribution in [0.4, 0.5) is 4.39 Å². The van der Waals surface area contributed by atoms with Gasteiger partial charge >= 0.3 is 0 Å². The van der Waals surface area contributed by atoms with Gasteiger partial charge in [-0.25, -0.2) is 9.02 Å². The molecule has 0 amide bonds. The summed E-state index contributed by atoms with van der Waals surface area (Å²) in [7, 11) is 0. The average molecular weight is 386 g/mol. The molecular weight excluding hydrogens is 373 g/mol. The fraction of sp³-hybridized carbons (Fsp3) is 0.214. The topological polar surface area (TPSA) is 94.3 Å². The Morgan fingerprint density at radius 2 is 2.23 bits per heavy atom. The van der Waals surface area contributed by atoms with E-state index in [1.165, 1.54) is 17.8 Å². The van der Waals surface area contributed by atoms with Crippen LogP contribution in [0.15, 0.2) is 32.3 Å². The highest BCUT2D eigenvalue weighted by atomic mass is 79.9. The van der Waals surface area contributed by atoms with Crippen molar-refractivity contribution in [2.24, 2.45) is 0 Å². The minimum atomic E-state index is -0.331. The van der Waals surface area contributed by atoms with E-state index in [1.54, 1.807) is 19.1 Å². The number of rotatable bonds is 5. The Balaban J connectivity index is 0.00000242. The zero-order chi connectivity index (χ0) is 15.2. The lowest BCUT2D eigenvalue weighted by Crippen LogP contribution is -2.06. The van der Waals surface area contributed by atoms with Gasteiger partial charge in [0.2, 0.25) is 0 Å². The third kappa shape index (κ3) is 4.66. The van der Waals surface area contributed by atoms with Gasteiger partial charge in [0.15, 0.2) is 10.7 Å². The standard InChI is InChI=1S/C14H11BrFN3OS.H2O/c1-2-3-6-21-14-13(18-20-19-14)12(17)8-9-4-5-11(16)10(15)7-9;/h4-5,7,17H,6,8H2,1H3;1H2. The Kier molecular flexibility index (Phi) is 7.24. The molecule has 3 N–H and O–H groups in total. The first-order chi connectivity index (χ1) is 10.1. The second-order valence-corrected chi connectivity index (χ2v) is 5.86. The Bertz CT molecular complexity index is 724. The van der Waals surface area contributed by atoms with Crippen LogP contribution in [0.25, 0.3) is 0 Å². The molecule has 2 rings (SSSR count). The molecule has 0 fully saturated rings. The Morgan fingerprint density at radius 1 is 1.45 bits per heavy atom. The van der Waals surface area contributed by atoms with Gasteiger partial charge in [0.1, 0.15) is 5.82 Å². The summed E-state index contributed by atoms with van der Waals surface area (Å²) in [6.45, 7) is 1.76. The van der Waals surface area contributed by atoms with Crippen LogP contribution in [0.2, 0.25) is 0 Å². The van der Waals surface area contributed by atoms with Gasteiger partial charge in [0, 0.05) is 6.42 Å². The maximum absolute atomic E-state index is 13.2. The number of hydrogen-bond donors (Lipinski definition) is 1. The van der Waals surface area contributed by atoms with Crippen LogP contribution >= 0.6 is 27.7 Å². The summed E-state index contributed by atoms with van der Waals surface area (Å²) in [4.78, 5) is 0. The van der Waals surface area contributed by atoms with Gasteiger partial charge < -0.3 is 10.9 Å². The van der Waals surface area contributed by atoms with Crippen LogP contribution < -0.4 is 0 Å². The number of thioether (sulfide) groups is 1. The van der Waals surface area contributed by atoms with Crippen LogP contribution in [0.1, 0.15) is 18.2 Å². The molecule has 0 radical (unpaired) electrons. The van der Waals surface area contributed by atoms with E-state index in [-0.39, 0.29) is 17.0 Å². The summed E-state index contributed by atoms with van der Waals surface area (Å²) in [5.41, 5.74) is 1.47. The molecule has 0 bridgehead atoms. The molecule has 116 valence electrons. The van der Waals surface area contributed by atoms with Crippen LogP contribution in [-0.2, 0) is 6.42 Å². The largest absolute Gasteiger partial charge is 0.412 e. The van der Waals surface area contributed by atoms with Crippen molar-refractivity contribution in [3.63, 3.8) is 0 Å². The van der Waals surface area contributed by atoms with E-state index in [0.29, 0.717) is 27.4 Å². The van der Waals surface area contributed by atoms with Gasteiger partial charge in [-0.3, -0.25) is 0 Å². The van der Waals surface area contributed by atoms with Crippen LogP contribution in [0.3, 0.4) is 0 Å². The van der Waals surface area contributed by atoms with E-state index in [0.717, 1.165) is 5.56 Å². The predicted molar refractivity (Wildman–Crippen MR) is 86.7 cm³/mol. The fourth-order valence-corrected chi connectivity index (χ4v) is 2.74. The predicted octanol–water partition coefficient (Wildman–Crippen LogP) is 2.87.